The summed E-state index contributed by atoms with van der Waals surface area (Å²) in [5, 5.41) is 33.9. The molecule has 14 aromatic carbocycles. The van der Waals surface area contributed by atoms with E-state index in [1.165, 1.54) is 109 Å². The van der Waals surface area contributed by atoms with Gasteiger partial charge in [0.05, 0.1) is 0 Å². The fourth-order valence-electron chi connectivity index (χ4n) is 14.9. The zero-order valence-corrected chi connectivity index (χ0v) is 79.8. The summed E-state index contributed by atoms with van der Waals surface area (Å²) in [5.74, 6) is 0.827. The molecule has 8 nitrogen and oxygen atoms in total. The van der Waals surface area contributed by atoms with E-state index in [1.807, 2.05) is 12.3 Å². The number of allylic oxidation sites excluding steroid dienone is 6. The summed E-state index contributed by atoms with van der Waals surface area (Å²) in [6.07, 6.45) is 20.5. The number of carbonyl (C=O) groups is 1. The minimum Gasteiger partial charge on any atom is -0.423 e. The van der Waals surface area contributed by atoms with E-state index in [0.29, 0.717) is 28.9 Å². The van der Waals surface area contributed by atoms with Gasteiger partial charge in [0.1, 0.15) is 17.9 Å². The first-order valence-electron chi connectivity index (χ1n) is 42.4. The average molecular weight is 2020 g/mol. The predicted octanol–water partition coefficient (Wildman–Crippen LogP) is 22.4. The van der Waals surface area contributed by atoms with E-state index in [-0.39, 0.29) is 44.8 Å². The summed E-state index contributed by atoms with van der Waals surface area (Å²) in [5.41, 5.74) is 4.39. The van der Waals surface area contributed by atoms with E-state index in [9.17, 15) is 18.4 Å². The summed E-state index contributed by atoms with van der Waals surface area (Å²) < 4.78 is 28.8. The van der Waals surface area contributed by atoms with Gasteiger partial charge >= 0.3 is 12.8 Å². The van der Waals surface area contributed by atoms with Gasteiger partial charge in [0.2, 0.25) is 0 Å². The molecule has 0 amide bonds. The van der Waals surface area contributed by atoms with Crippen molar-refractivity contribution in [2.75, 3.05) is 0 Å². The third-order valence-electron chi connectivity index (χ3n) is 20.9. The number of rotatable bonds is 20. The number of nitrogens with one attached hydrogen (secondary N) is 4. The minimum absolute atomic E-state index is 0. The van der Waals surface area contributed by atoms with E-state index in [0.717, 1.165) is 74.2 Å². The van der Waals surface area contributed by atoms with Crippen LogP contribution in [0.4, 0.5) is 8.78 Å². The zero-order chi connectivity index (χ0) is 88.4. The fourth-order valence-corrected chi connectivity index (χ4v) is 25.5. The molecule has 129 heavy (non-hydrogen) atoms. The van der Waals surface area contributed by atoms with Crippen molar-refractivity contribution in [3.05, 3.63) is 496 Å². The van der Waals surface area contributed by atoms with Crippen LogP contribution in [0.2, 0.25) is 0 Å². The number of aromatic nitrogens is 4. The quantitative estimate of drug-likeness (QED) is 0.0195. The predicted molar refractivity (Wildman–Crippen MR) is 556 cm³/mol. The molecule has 0 aliphatic heterocycles. The summed E-state index contributed by atoms with van der Waals surface area (Å²) in [6, 6.07) is 141. The smallest absolute Gasteiger partial charge is 0.423 e. The van der Waals surface area contributed by atoms with Gasteiger partial charge in [0.25, 0.3) is 0 Å². The number of imidazole rings is 2. The van der Waals surface area contributed by atoms with Gasteiger partial charge in [-0.1, -0.05) is 446 Å². The Bertz CT molecular complexity index is 5250. The minimum atomic E-state index is -1.59. The molecule has 3 aliphatic rings. The van der Waals surface area contributed by atoms with Crippen LogP contribution in [0.25, 0.3) is 5.57 Å². The van der Waals surface area contributed by atoms with Crippen LogP contribution in [0.1, 0.15) is 69.3 Å². The Balaban J connectivity index is 0.000000155. The fraction of sp³-hybridized carbons (Fsp3) is 0.118. The Morgan fingerprint density at radius 2 is 0.628 bits per heavy atom. The molecule has 16 aromatic rings. The molecule has 0 spiro atoms. The van der Waals surface area contributed by atoms with Crippen LogP contribution in [0, 0.1) is 34.2 Å². The van der Waals surface area contributed by atoms with Crippen LogP contribution >= 0.6 is 75.8 Å². The number of hydrogen-bond donors (Lipinski definition) is 6. The number of carbonyl (C=O) groups excluding carboxylic acids is 1. The van der Waals surface area contributed by atoms with E-state index in [1.54, 1.807) is 18.3 Å². The molecule has 19 rings (SSSR count). The Morgan fingerprint density at radius 3 is 0.876 bits per heavy atom. The Kier molecular flexibility index (Phi) is 43.4. The number of H-pyrrole nitrogens is 4. The molecular weight excluding hydrogens is 1910 g/mol. The van der Waals surface area contributed by atoms with Gasteiger partial charge < -0.3 is 34.8 Å². The zero-order valence-electron chi connectivity index (χ0n) is 70.6. The number of aldehydes is 1. The molecule has 0 radical (unpaired) electrons. The van der Waals surface area contributed by atoms with Gasteiger partial charge in [-0.05, 0) is 227 Å². The normalized spacial score (nSPS) is 13.7. The van der Waals surface area contributed by atoms with Crippen molar-refractivity contribution in [1.82, 2.24) is 19.9 Å². The maximum atomic E-state index is 13.3. The van der Waals surface area contributed by atoms with E-state index >= 15 is 0 Å². The van der Waals surface area contributed by atoms with Crippen LogP contribution < -0.4 is 74.8 Å². The number of aromatic amines is 4. The van der Waals surface area contributed by atoms with Crippen LogP contribution in [0.15, 0.2) is 457 Å². The van der Waals surface area contributed by atoms with Gasteiger partial charge in [-0.25, -0.2) is 13.6 Å². The summed E-state index contributed by atoms with van der Waals surface area (Å²) in [4.78, 5) is 32.4. The van der Waals surface area contributed by atoms with Crippen LogP contribution in [-0.4, -0.2) is 43.4 Å². The first kappa shape index (κ1) is 101. The van der Waals surface area contributed by atoms with Gasteiger partial charge in [0, 0.05) is 50.6 Å². The first-order chi connectivity index (χ1) is 62.3. The van der Waals surface area contributed by atoms with Crippen molar-refractivity contribution >= 4 is 164 Å². The molecule has 6 N–H and O–H groups in total. The van der Waals surface area contributed by atoms with Gasteiger partial charge in [-0.15, -0.1) is 0 Å². The van der Waals surface area contributed by atoms with Crippen LogP contribution in [0.3, 0.4) is 0 Å². The summed E-state index contributed by atoms with van der Waals surface area (Å²) in [7, 11) is -3.37. The average Bonchev–Trinajstić information content (AvgIpc) is 1.77. The topological polar surface area (TPSA) is 138 Å². The molecule has 0 fully saturated rings. The standard InChI is InChI=1S/4C18H15P.C15H15FN2S.C9H11BrN2O.C7H9BrO.C6H6BFO2.CH4.Pd/c4*1-4-10-16(11-5-1)19(17-12-6-2-7-13-17)18-14-8-3-9-15-18;16-12-5-1-3-10(7-12)14-6-2-4-11(14)8-13-9-17-15(19)18-13;10-8-3-1-2-6(8)4-7-5-11-9(13)12-7;8-7-3-1-2-6(7)4-5-9;8-6-3-1-2-5(4-6)7(9)10;;/h4*1-15H;1,3,5-7,9,11H,2,4,8H2,(H2,17,18,19);3,5-6H,1-2,4H2,(H2,11,12,13);3,5-6H,1-2,4H2;1-4,9-10H;1H4;. The summed E-state index contributed by atoms with van der Waals surface area (Å²) in [6.45, 7) is 0. The van der Waals surface area contributed by atoms with Crippen LogP contribution in [0.5, 0.6) is 0 Å². The van der Waals surface area contributed by atoms with E-state index < -0.39 is 44.6 Å². The number of hydrogen-bond acceptors (Lipinski definition) is 5. The maximum absolute atomic E-state index is 13.3. The second-order valence-electron chi connectivity index (χ2n) is 29.8. The molecule has 3 atom stereocenters. The molecule has 2 heterocycles. The molecule has 3 aliphatic carbocycles. The second kappa shape index (κ2) is 55.6. The molecule has 0 saturated carbocycles. The van der Waals surface area contributed by atoms with Crippen molar-refractivity contribution in [2.45, 2.75) is 65.2 Å². The Hall–Kier alpha value is -10.4. The Labute approximate surface area is 799 Å². The van der Waals surface area contributed by atoms with Crippen LogP contribution in [-0.2, 0) is 38.1 Å². The Morgan fingerprint density at radius 1 is 0.357 bits per heavy atom. The monoisotopic (exact) mass is 2010 g/mol. The molecule has 0 bridgehead atoms. The molecule has 656 valence electrons. The van der Waals surface area contributed by atoms with E-state index in [2.05, 4.69) is 434 Å². The molecule has 3 unspecified atom stereocenters. The van der Waals surface area contributed by atoms with Gasteiger partial charge in [0.15, 0.2) is 4.77 Å². The summed E-state index contributed by atoms with van der Waals surface area (Å²) >= 11 is 12.0. The molecule has 0 saturated heterocycles. The maximum Gasteiger partial charge on any atom is 0.488 e. The number of benzene rings is 14. The van der Waals surface area contributed by atoms with Crippen molar-refractivity contribution < 1.29 is 44.0 Å². The third kappa shape index (κ3) is 32.3. The van der Waals surface area contributed by atoms with Crippen molar-refractivity contribution in [3.63, 3.8) is 0 Å². The van der Waals surface area contributed by atoms with Gasteiger partial charge in [-0.2, -0.15) is 0 Å². The third-order valence-corrected chi connectivity index (χ3v) is 32.8. The van der Waals surface area contributed by atoms with Crippen molar-refractivity contribution in [1.29, 1.82) is 0 Å². The molecule has 19 heteroatoms. The van der Waals surface area contributed by atoms with E-state index in [4.69, 9.17) is 22.3 Å². The number of halogens is 4. The second-order valence-corrected chi connectivity index (χ2v) is 40.9. The van der Waals surface area contributed by atoms with Crippen molar-refractivity contribution in [2.24, 2.45) is 17.8 Å². The molecular formula is C110H105BBr2F2N4O4P4PdS. The molecule has 2 aromatic heterocycles. The van der Waals surface area contributed by atoms with Gasteiger partial charge in [-0.3, -0.25) is 0 Å². The SMILES string of the molecule is C.Fc1cccc(C2=CCCC2Cc2c[nH]c(=S)[nH]2)c1.O=CCC1CCC=C1Br.O=c1[nH]cc(CC2CCC=C2Br)[nH]1.OB(O)c1cccc(F)c1.[Pd].c1ccc(P(c2ccccc2)c2ccccc2)cc1.c1ccc(P(c2ccccc2)c2ccccc2)cc1.c1ccc(P(c2ccccc2)c2ccccc2)cc1.c1ccc(P(c2ccccc2)c2ccccc2)cc1. The first-order valence-corrected chi connectivity index (χ1v) is 49.7. The van der Waals surface area contributed by atoms with Crippen molar-refractivity contribution in [3.8, 4) is 0 Å². The largest absolute Gasteiger partial charge is 0.488 e.